The van der Waals surface area contributed by atoms with Crippen LogP contribution in [0.4, 0.5) is 0 Å². The lowest BCUT2D eigenvalue weighted by Crippen LogP contribution is -2.38. The summed E-state index contributed by atoms with van der Waals surface area (Å²) in [5.74, 6) is 0. The Morgan fingerprint density at radius 2 is 1.94 bits per heavy atom. The lowest BCUT2D eigenvalue weighted by Gasteiger charge is -2.36. The highest BCUT2D eigenvalue weighted by molar-refractivity contribution is 7.18. The SMILES string of the molecule is CN1CCC(C)(c2nc3ccccc3s2)CC1. The normalized spacial score (nSPS) is 20.8. The van der Waals surface area contributed by atoms with Crippen molar-refractivity contribution in [2.75, 3.05) is 20.1 Å². The fourth-order valence-electron chi connectivity index (χ4n) is 2.46. The van der Waals surface area contributed by atoms with Gasteiger partial charge in [-0.05, 0) is 45.1 Å². The van der Waals surface area contributed by atoms with Crippen LogP contribution >= 0.6 is 11.3 Å². The fraction of sp³-hybridized carbons (Fsp3) is 0.500. The zero-order valence-electron chi connectivity index (χ0n) is 10.4. The minimum atomic E-state index is 0.288. The Labute approximate surface area is 106 Å². The molecule has 2 aromatic rings. The second-order valence-corrected chi connectivity index (χ2v) is 6.38. The quantitative estimate of drug-likeness (QED) is 0.767. The molecule has 2 heterocycles. The molecule has 3 heteroatoms. The Hall–Kier alpha value is -0.930. The molecule has 0 aliphatic carbocycles. The van der Waals surface area contributed by atoms with Crippen LogP contribution in [0.5, 0.6) is 0 Å². The van der Waals surface area contributed by atoms with Crippen molar-refractivity contribution in [1.82, 2.24) is 9.88 Å². The molecule has 0 N–H and O–H groups in total. The Balaban J connectivity index is 1.97. The van der Waals surface area contributed by atoms with E-state index in [1.54, 1.807) is 0 Å². The van der Waals surface area contributed by atoms with Crippen molar-refractivity contribution < 1.29 is 0 Å². The number of para-hydroxylation sites is 1. The summed E-state index contributed by atoms with van der Waals surface area (Å²) in [4.78, 5) is 7.24. The van der Waals surface area contributed by atoms with Crippen molar-refractivity contribution in [3.63, 3.8) is 0 Å². The third-order valence-electron chi connectivity index (χ3n) is 3.90. The molecule has 1 fully saturated rings. The summed E-state index contributed by atoms with van der Waals surface area (Å²) in [7, 11) is 2.21. The lowest BCUT2D eigenvalue weighted by molar-refractivity contribution is 0.200. The highest BCUT2D eigenvalue weighted by Gasteiger charge is 2.33. The average molecular weight is 246 g/mol. The first kappa shape index (κ1) is 11.2. The van der Waals surface area contributed by atoms with E-state index in [1.807, 2.05) is 11.3 Å². The van der Waals surface area contributed by atoms with Crippen LogP contribution in [0.25, 0.3) is 10.2 Å². The van der Waals surface area contributed by atoms with Gasteiger partial charge in [0.15, 0.2) is 0 Å². The first-order chi connectivity index (χ1) is 8.17. The summed E-state index contributed by atoms with van der Waals surface area (Å²) in [5.41, 5.74) is 1.45. The number of nitrogens with zero attached hydrogens (tertiary/aromatic N) is 2. The van der Waals surface area contributed by atoms with Gasteiger partial charge in [0.2, 0.25) is 0 Å². The summed E-state index contributed by atoms with van der Waals surface area (Å²) in [5, 5.41) is 1.33. The molecule has 1 aromatic heterocycles. The molecule has 3 rings (SSSR count). The first-order valence-electron chi connectivity index (χ1n) is 6.22. The standard InChI is InChI=1S/C14H18N2S/c1-14(7-9-16(2)10-8-14)13-15-11-5-3-4-6-12(11)17-13/h3-6H,7-10H2,1-2H3. The van der Waals surface area contributed by atoms with Gasteiger partial charge in [-0.1, -0.05) is 19.1 Å². The fourth-order valence-corrected chi connectivity index (χ4v) is 3.62. The van der Waals surface area contributed by atoms with Gasteiger partial charge in [0, 0.05) is 5.41 Å². The minimum absolute atomic E-state index is 0.288. The Bertz CT molecular complexity index is 491. The summed E-state index contributed by atoms with van der Waals surface area (Å²) in [6, 6.07) is 8.46. The first-order valence-corrected chi connectivity index (χ1v) is 7.04. The number of rotatable bonds is 1. The lowest BCUT2D eigenvalue weighted by atomic mass is 9.81. The molecule has 0 unspecified atom stereocenters. The number of fused-ring (bicyclic) bond motifs is 1. The number of benzene rings is 1. The Morgan fingerprint density at radius 1 is 1.24 bits per heavy atom. The number of likely N-dealkylation sites (tertiary alicyclic amines) is 1. The van der Waals surface area contributed by atoms with E-state index in [-0.39, 0.29) is 5.41 Å². The van der Waals surface area contributed by atoms with E-state index in [9.17, 15) is 0 Å². The molecule has 1 aromatic carbocycles. The van der Waals surface area contributed by atoms with Crippen LogP contribution in [0.15, 0.2) is 24.3 Å². The van der Waals surface area contributed by atoms with Crippen LogP contribution in [0.2, 0.25) is 0 Å². The Kier molecular flexibility index (Phi) is 2.68. The highest BCUT2D eigenvalue weighted by Crippen LogP contribution is 2.38. The molecule has 1 aliphatic rings. The van der Waals surface area contributed by atoms with Crippen molar-refractivity contribution in [2.24, 2.45) is 0 Å². The molecular weight excluding hydrogens is 228 g/mol. The van der Waals surface area contributed by atoms with E-state index in [0.29, 0.717) is 0 Å². The number of piperidine rings is 1. The molecular formula is C14H18N2S. The van der Waals surface area contributed by atoms with Crippen LogP contribution in [0, 0.1) is 0 Å². The maximum absolute atomic E-state index is 4.83. The van der Waals surface area contributed by atoms with Gasteiger partial charge in [0.05, 0.1) is 15.2 Å². The van der Waals surface area contributed by atoms with E-state index < -0.39 is 0 Å². The predicted octanol–water partition coefficient (Wildman–Crippen LogP) is 3.28. The third kappa shape index (κ3) is 1.98. The van der Waals surface area contributed by atoms with E-state index in [2.05, 4.69) is 43.1 Å². The zero-order valence-corrected chi connectivity index (χ0v) is 11.3. The van der Waals surface area contributed by atoms with Gasteiger partial charge in [-0.25, -0.2) is 4.98 Å². The molecule has 0 bridgehead atoms. The summed E-state index contributed by atoms with van der Waals surface area (Å²) >= 11 is 1.87. The number of thiazole rings is 1. The number of aromatic nitrogens is 1. The van der Waals surface area contributed by atoms with Crippen LogP contribution < -0.4 is 0 Å². The molecule has 2 nitrogen and oxygen atoms in total. The number of hydrogen-bond acceptors (Lipinski definition) is 3. The van der Waals surface area contributed by atoms with Crippen LogP contribution in [-0.2, 0) is 5.41 Å². The number of hydrogen-bond donors (Lipinski definition) is 0. The van der Waals surface area contributed by atoms with Crippen molar-refractivity contribution in [3.8, 4) is 0 Å². The molecule has 0 spiro atoms. The molecule has 0 saturated carbocycles. The van der Waals surface area contributed by atoms with E-state index in [1.165, 1.54) is 35.6 Å². The van der Waals surface area contributed by atoms with Gasteiger partial charge in [-0.2, -0.15) is 0 Å². The second kappa shape index (κ2) is 4.07. The van der Waals surface area contributed by atoms with Crippen molar-refractivity contribution >= 4 is 21.6 Å². The summed E-state index contributed by atoms with van der Waals surface area (Å²) < 4.78 is 1.32. The Morgan fingerprint density at radius 3 is 2.65 bits per heavy atom. The molecule has 0 radical (unpaired) electrons. The second-order valence-electron chi connectivity index (χ2n) is 5.35. The maximum Gasteiger partial charge on any atom is 0.0998 e. The average Bonchev–Trinajstić information content (AvgIpc) is 2.77. The molecule has 17 heavy (non-hydrogen) atoms. The van der Waals surface area contributed by atoms with Gasteiger partial charge in [-0.3, -0.25) is 0 Å². The van der Waals surface area contributed by atoms with Crippen molar-refractivity contribution in [3.05, 3.63) is 29.3 Å². The largest absolute Gasteiger partial charge is 0.306 e. The molecule has 1 aliphatic heterocycles. The van der Waals surface area contributed by atoms with Crippen LogP contribution in [0.3, 0.4) is 0 Å². The summed E-state index contributed by atoms with van der Waals surface area (Å²) in [6.45, 7) is 4.75. The highest BCUT2D eigenvalue weighted by atomic mass is 32.1. The van der Waals surface area contributed by atoms with E-state index in [4.69, 9.17) is 4.98 Å². The molecule has 1 saturated heterocycles. The maximum atomic E-state index is 4.83. The monoisotopic (exact) mass is 246 g/mol. The smallest absolute Gasteiger partial charge is 0.0998 e. The van der Waals surface area contributed by atoms with Gasteiger partial charge >= 0.3 is 0 Å². The van der Waals surface area contributed by atoms with Gasteiger partial charge < -0.3 is 4.90 Å². The van der Waals surface area contributed by atoms with Crippen LogP contribution in [0.1, 0.15) is 24.8 Å². The van der Waals surface area contributed by atoms with Gasteiger partial charge in [-0.15, -0.1) is 11.3 Å². The third-order valence-corrected chi connectivity index (χ3v) is 5.24. The summed E-state index contributed by atoms with van der Waals surface area (Å²) in [6.07, 6.45) is 2.45. The van der Waals surface area contributed by atoms with Crippen molar-refractivity contribution in [1.29, 1.82) is 0 Å². The molecule has 0 atom stereocenters. The predicted molar refractivity (Wildman–Crippen MR) is 73.7 cm³/mol. The molecule has 0 amide bonds. The van der Waals surface area contributed by atoms with E-state index in [0.717, 1.165) is 5.52 Å². The van der Waals surface area contributed by atoms with Gasteiger partial charge in [0.25, 0.3) is 0 Å². The van der Waals surface area contributed by atoms with Crippen LogP contribution in [-0.4, -0.2) is 30.0 Å². The van der Waals surface area contributed by atoms with E-state index >= 15 is 0 Å². The van der Waals surface area contributed by atoms with Crippen molar-refractivity contribution in [2.45, 2.75) is 25.2 Å². The minimum Gasteiger partial charge on any atom is -0.306 e. The molecule has 90 valence electrons. The van der Waals surface area contributed by atoms with Gasteiger partial charge in [0.1, 0.15) is 0 Å². The zero-order chi connectivity index (χ0) is 11.9. The topological polar surface area (TPSA) is 16.1 Å².